The Morgan fingerprint density at radius 1 is 1.18 bits per heavy atom. The van der Waals surface area contributed by atoms with Gasteiger partial charge < -0.3 is 15.3 Å². The number of hydrogen-bond donors (Lipinski definition) is 4. The van der Waals surface area contributed by atoms with Gasteiger partial charge in [0.1, 0.15) is 5.82 Å². The molecule has 0 saturated heterocycles. The van der Waals surface area contributed by atoms with Crippen molar-refractivity contribution in [1.29, 1.82) is 0 Å². The lowest BCUT2D eigenvalue weighted by molar-refractivity contribution is 0.0954. The van der Waals surface area contributed by atoms with Crippen molar-refractivity contribution in [3.63, 3.8) is 0 Å². The minimum atomic E-state index is -0.863. The van der Waals surface area contributed by atoms with E-state index in [1.165, 1.54) is 0 Å². The molecule has 1 aromatic heterocycles. The predicted molar refractivity (Wildman–Crippen MR) is 108 cm³/mol. The minimum absolute atomic E-state index is 0.0209. The van der Waals surface area contributed by atoms with Crippen LogP contribution < -0.4 is 0 Å². The molecule has 1 aliphatic carbocycles. The molecule has 0 bridgehead atoms. The molecule has 1 saturated carbocycles. The van der Waals surface area contributed by atoms with Crippen LogP contribution in [-0.2, 0) is 6.42 Å². The summed E-state index contributed by atoms with van der Waals surface area (Å²) < 4.78 is 0. The highest BCUT2D eigenvalue weighted by molar-refractivity contribution is 5.08. The second-order valence-corrected chi connectivity index (χ2v) is 8.23. The van der Waals surface area contributed by atoms with Crippen molar-refractivity contribution >= 4 is 0 Å². The van der Waals surface area contributed by atoms with E-state index in [4.69, 9.17) is 0 Å². The standard InChI is InChI=1S/C21H36N4O3/c1-3-4-9-13-21(2,28)14-12-17-16(18(26)15-19(17)27)10-7-5-6-8-11-20-22-24-25-23-20/h5,7,12,14,16-19,26-28H,3-4,6,8-11,13,15H2,1-2H3,(H,22,23,24,25)/b7-5-,14-12?. The average Bonchev–Trinajstić information content (AvgIpc) is 3.24. The highest BCUT2D eigenvalue weighted by Crippen LogP contribution is 2.37. The zero-order chi connectivity index (χ0) is 20.4. The second-order valence-electron chi connectivity index (χ2n) is 8.23. The number of aliphatic hydroxyl groups is 3. The number of nitrogens with one attached hydrogen (secondary N) is 1. The number of aryl methyl sites for hydroxylation is 1. The summed E-state index contributed by atoms with van der Waals surface area (Å²) in [5.41, 5.74) is -0.863. The highest BCUT2D eigenvalue weighted by atomic mass is 16.3. The molecule has 1 aromatic rings. The Morgan fingerprint density at radius 2 is 2.00 bits per heavy atom. The molecule has 158 valence electrons. The number of rotatable bonds is 12. The van der Waals surface area contributed by atoms with Gasteiger partial charge in [-0.2, -0.15) is 0 Å². The van der Waals surface area contributed by atoms with Crippen molar-refractivity contribution in [2.45, 2.75) is 89.4 Å². The Kier molecular flexibility index (Phi) is 9.28. The van der Waals surface area contributed by atoms with Crippen LogP contribution in [0.2, 0.25) is 0 Å². The third-order valence-electron chi connectivity index (χ3n) is 5.63. The molecule has 5 atom stereocenters. The quantitative estimate of drug-likeness (QED) is 0.321. The maximum atomic E-state index is 10.5. The number of aliphatic hydroxyl groups excluding tert-OH is 2. The van der Waals surface area contributed by atoms with Gasteiger partial charge in [-0.1, -0.05) is 50.5 Å². The fourth-order valence-corrected chi connectivity index (χ4v) is 3.88. The number of aromatic amines is 1. The second kappa shape index (κ2) is 11.4. The molecule has 0 spiro atoms. The van der Waals surface area contributed by atoms with Crippen LogP contribution in [0.3, 0.4) is 0 Å². The molecule has 28 heavy (non-hydrogen) atoms. The normalized spacial score (nSPS) is 27.8. The van der Waals surface area contributed by atoms with Crippen LogP contribution in [0.25, 0.3) is 0 Å². The van der Waals surface area contributed by atoms with E-state index >= 15 is 0 Å². The van der Waals surface area contributed by atoms with Gasteiger partial charge >= 0.3 is 0 Å². The van der Waals surface area contributed by atoms with E-state index in [9.17, 15) is 15.3 Å². The topological polar surface area (TPSA) is 115 Å². The van der Waals surface area contributed by atoms with E-state index in [-0.39, 0.29) is 11.8 Å². The molecule has 7 heteroatoms. The van der Waals surface area contributed by atoms with Crippen LogP contribution in [0.1, 0.15) is 71.0 Å². The first-order valence-corrected chi connectivity index (χ1v) is 10.6. The Labute approximate surface area is 168 Å². The molecular formula is C21H36N4O3. The lowest BCUT2D eigenvalue weighted by Crippen LogP contribution is -2.24. The van der Waals surface area contributed by atoms with E-state index < -0.39 is 17.8 Å². The van der Waals surface area contributed by atoms with E-state index in [1.807, 2.05) is 19.1 Å². The van der Waals surface area contributed by atoms with Gasteiger partial charge in [-0.05, 0) is 49.0 Å². The summed E-state index contributed by atoms with van der Waals surface area (Å²) >= 11 is 0. The van der Waals surface area contributed by atoms with Crippen LogP contribution in [0.4, 0.5) is 0 Å². The number of tetrazole rings is 1. The molecule has 0 radical (unpaired) electrons. The molecule has 0 aromatic carbocycles. The Bertz CT molecular complexity index is 601. The van der Waals surface area contributed by atoms with Gasteiger partial charge in [0.2, 0.25) is 0 Å². The third-order valence-corrected chi connectivity index (χ3v) is 5.63. The van der Waals surface area contributed by atoms with Gasteiger partial charge in [-0.15, -0.1) is 5.10 Å². The largest absolute Gasteiger partial charge is 0.393 e. The smallest absolute Gasteiger partial charge is 0.148 e. The molecule has 1 fully saturated rings. The summed E-state index contributed by atoms with van der Waals surface area (Å²) in [7, 11) is 0. The van der Waals surface area contributed by atoms with E-state index in [0.717, 1.165) is 50.8 Å². The van der Waals surface area contributed by atoms with Gasteiger partial charge in [0.15, 0.2) is 0 Å². The fourth-order valence-electron chi connectivity index (χ4n) is 3.88. The molecule has 5 unspecified atom stereocenters. The summed E-state index contributed by atoms with van der Waals surface area (Å²) in [6.45, 7) is 3.96. The van der Waals surface area contributed by atoms with E-state index in [0.29, 0.717) is 12.8 Å². The van der Waals surface area contributed by atoms with Gasteiger partial charge in [0.05, 0.1) is 17.8 Å². The zero-order valence-corrected chi connectivity index (χ0v) is 17.2. The summed E-state index contributed by atoms with van der Waals surface area (Å²) in [6.07, 6.45) is 14.6. The van der Waals surface area contributed by atoms with Gasteiger partial charge in [-0.3, -0.25) is 0 Å². The zero-order valence-electron chi connectivity index (χ0n) is 17.2. The molecular weight excluding hydrogens is 356 g/mol. The Balaban J connectivity index is 1.81. The van der Waals surface area contributed by atoms with Crippen LogP contribution >= 0.6 is 0 Å². The summed E-state index contributed by atoms with van der Waals surface area (Å²) in [4.78, 5) is 0. The molecule has 0 amide bonds. The molecule has 2 rings (SSSR count). The Morgan fingerprint density at radius 3 is 2.71 bits per heavy atom. The van der Waals surface area contributed by atoms with Gasteiger partial charge in [-0.25, -0.2) is 5.10 Å². The third kappa shape index (κ3) is 7.45. The number of nitrogens with zero attached hydrogens (tertiary/aromatic N) is 3. The highest BCUT2D eigenvalue weighted by Gasteiger charge is 2.39. The van der Waals surface area contributed by atoms with Gasteiger partial charge in [0.25, 0.3) is 0 Å². The summed E-state index contributed by atoms with van der Waals surface area (Å²) in [6, 6.07) is 0. The monoisotopic (exact) mass is 392 g/mol. The first-order chi connectivity index (χ1) is 13.4. The average molecular weight is 393 g/mol. The van der Waals surface area contributed by atoms with Crippen LogP contribution in [-0.4, -0.2) is 53.8 Å². The first kappa shape index (κ1) is 22.7. The van der Waals surface area contributed by atoms with Crippen molar-refractivity contribution in [2.75, 3.05) is 0 Å². The van der Waals surface area contributed by atoms with Crippen molar-refractivity contribution in [2.24, 2.45) is 11.8 Å². The number of hydrogen-bond acceptors (Lipinski definition) is 6. The number of H-pyrrole nitrogens is 1. The Hall–Kier alpha value is -1.57. The van der Waals surface area contributed by atoms with Crippen LogP contribution in [0.15, 0.2) is 24.3 Å². The molecule has 7 nitrogen and oxygen atoms in total. The molecule has 4 N–H and O–H groups in total. The van der Waals surface area contributed by atoms with Crippen LogP contribution in [0, 0.1) is 11.8 Å². The lowest BCUT2D eigenvalue weighted by Gasteiger charge is -2.23. The number of unbranched alkanes of at least 4 members (excludes halogenated alkanes) is 3. The van der Waals surface area contributed by atoms with Crippen molar-refractivity contribution in [3.05, 3.63) is 30.1 Å². The number of aromatic nitrogens is 4. The van der Waals surface area contributed by atoms with Crippen LogP contribution in [0.5, 0.6) is 0 Å². The fraction of sp³-hybridized carbons (Fsp3) is 0.762. The van der Waals surface area contributed by atoms with Crippen molar-refractivity contribution < 1.29 is 15.3 Å². The van der Waals surface area contributed by atoms with E-state index in [1.54, 1.807) is 0 Å². The minimum Gasteiger partial charge on any atom is -0.393 e. The maximum Gasteiger partial charge on any atom is 0.148 e. The first-order valence-electron chi connectivity index (χ1n) is 10.6. The SMILES string of the molecule is CCCCCC(C)(O)C=CC1C(O)CC(O)C1C/C=C\CCCc1nnn[nH]1. The summed E-state index contributed by atoms with van der Waals surface area (Å²) in [5, 5.41) is 44.9. The van der Waals surface area contributed by atoms with Gasteiger partial charge in [0, 0.05) is 18.8 Å². The number of allylic oxidation sites excluding steroid dienone is 2. The van der Waals surface area contributed by atoms with Crippen molar-refractivity contribution in [1.82, 2.24) is 20.6 Å². The van der Waals surface area contributed by atoms with Crippen molar-refractivity contribution in [3.8, 4) is 0 Å². The maximum absolute atomic E-state index is 10.5. The predicted octanol–water partition coefficient (Wildman–Crippen LogP) is 2.71. The molecule has 1 aliphatic rings. The molecule has 0 aliphatic heterocycles. The lowest BCUT2D eigenvalue weighted by atomic mass is 9.88. The molecule has 1 heterocycles. The van der Waals surface area contributed by atoms with E-state index in [2.05, 4.69) is 39.7 Å². The summed E-state index contributed by atoms with van der Waals surface area (Å²) in [5.74, 6) is 0.643.